The summed E-state index contributed by atoms with van der Waals surface area (Å²) in [6.07, 6.45) is 1.71. The second kappa shape index (κ2) is 3.59. The van der Waals surface area contributed by atoms with E-state index in [0.717, 1.165) is 6.42 Å². The van der Waals surface area contributed by atoms with Crippen molar-refractivity contribution < 1.29 is 19.8 Å². The van der Waals surface area contributed by atoms with E-state index >= 15 is 0 Å². The Balaban J connectivity index is 2.81. The highest BCUT2D eigenvalue weighted by molar-refractivity contribution is 5.80. The summed E-state index contributed by atoms with van der Waals surface area (Å²) >= 11 is 0. The molecule has 1 fully saturated rings. The Bertz CT molecular complexity index is 257. The molecule has 80 valence electrons. The molecule has 0 aromatic carbocycles. The summed E-state index contributed by atoms with van der Waals surface area (Å²) in [5, 5.41) is 17.8. The lowest BCUT2D eigenvalue weighted by Crippen LogP contribution is -2.38. The second-order valence-electron chi connectivity index (χ2n) is 4.80. The van der Waals surface area contributed by atoms with Crippen LogP contribution in [0, 0.1) is 17.3 Å². The summed E-state index contributed by atoms with van der Waals surface area (Å²) in [6, 6.07) is 0. The third-order valence-electron chi connectivity index (χ3n) is 3.02. The smallest absolute Gasteiger partial charge is 0.307 e. The molecule has 4 heteroatoms. The summed E-state index contributed by atoms with van der Waals surface area (Å²) in [6.45, 7) is 3.97. The van der Waals surface area contributed by atoms with Crippen LogP contribution in [0.2, 0.25) is 0 Å². The fraction of sp³-hybridized carbons (Fsp3) is 0.800. The first kappa shape index (κ1) is 11.0. The van der Waals surface area contributed by atoms with Gasteiger partial charge in [0.1, 0.15) is 0 Å². The molecule has 2 atom stereocenters. The minimum atomic E-state index is -0.981. The van der Waals surface area contributed by atoms with Crippen LogP contribution in [0.1, 0.15) is 33.1 Å². The highest BCUT2D eigenvalue weighted by Gasteiger charge is 2.42. The van der Waals surface area contributed by atoms with Gasteiger partial charge < -0.3 is 10.2 Å². The Morgan fingerprint density at radius 2 is 1.64 bits per heavy atom. The number of aliphatic carboxylic acids is 2. The second-order valence-corrected chi connectivity index (χ2v) is 4.80. The molecule has 0 aromatic rings. The van der Waals surface area contributed by atoms with Crippen molar-refractivity contribution in [3.63, 3.8) is 0 Å². The van der Waals surface area contributed by atoms with Crippen molar-refractivity contribution in [2.24, 2.45) is 17.3 Å². The van der Waals surface area contributed by atoms with Gasteiger partial charge in [-0.2, -0.15) is 0 Å². The summed E-state index contributed by atoms with van der Waals surface area (Å²) in [7, 11) is 0. The topological polar surface area (TPSA) is 74.6 Å². The van der Waals surface area contributed by atoms with E-state index in [0.29, 0.717) is 12.8 Å². The van der Waals surface area contributed by atoms with Gasteiger partial charge in [-0.05, 0) is 24.7 Å². The molecule has 4 nitrogen and oxygen atoms in total. The van der Waals surface area contributed by atoms with Gasteiger partial charge >= 0.3 is 11.9 Å². The monoisotopic (exact) mass is 200 g/mol. The van der Waals surface area contributed by atoms with Gasteiger partial charge in [0.2, 0.25) is 0 Å². The molecular weight excluding hydrogens is 184 g/mol. The van der Waals surface area contributed by atoms with Crippen molar-refractivity contribution >= 4 is 11.9 Å². The molecule has 1 aliphatic carbocycles. The lowest BCUT2D eigenvalue weighted by atomic mass is 9.67. The molecule has 2 N–H and O–H groups in total. The summed E-state index contributed by atoms with van der Waals surface area (Å²) in [5.74, 6) is -3.39. The molecule has 0 amide bonds. The highest BCUT2D eigenvalue weighted by atomic mass is 16.4. The minimum Gasteiger partial charge on any atom is -0.481 e. The van der Waals surface area contributed by atoms with E-state index in [9.17, 15) is 9.59 Å². The molecule has 1 saturated carbocycles. The lowest BCUT2D eigenvalue weighted by Gasteiger charge is -2.36. The van der Waals surface area contributed by atoms with Crippen LogP contribution in [-0.4, -0.2) is 22.2 Å². The number of rotatable bonds is 2. The van der Waals surface area contributed by atoms with Gasteiger partial charge in [-0.15, -0.1) is 0 Å². The van der Waals surface area contributed by atoms with Gasteiger partial charge in [0.05, 0.1) is 11.8 Å². The normalized spacial score (nSPS) is 31.0. The van der Waals surface area contributed by atoms with Crippen molar-refractivity contribution in [3.05, 3.63) is 0 Å². The number of carbonyl (C=O) groups is 2. The van der Waals surface area contributed by atoms with Crippen molar-refractivity contribution in [3.8, 4) is 0 Å². The maximum Gasteiger partial charge on any atom is 0.307 e. The Labute approximate surface area is 82.9 Å². The summed E-state index contributed by atoms with van der Waals surface area (Å²) < 4.78 is 0. The zero-order chi connectivity index (χ0) is 10.9. The highest BCUT2D eigenvalue weighted by Crippen LogP contribution is 2.41. The van der Waals surface area contributed by atoms with Gasteiger partial charge in [-0.3, -0.25) is 9.59 Å². The predicted molar refractivity (Wildman–Crippen MR) is 49.9 cm³/mol. The third-order valence-corrected chi connectivity index (χ3v) is 3.02. The van der Waals surface area contributed by atoms with Crippen LogP contribution in [0.5, 0.6) is 0 Å². The molecule has 0 radical (unpaired) electrons. The van der Waals surface area contributed by atoms with Gasteiger partial charge in [-0.25, -0.2) is 0 Å². The van der Waals surface area contributed by atoms with Crippen LogP contribution in [0.3, 0.4) is 0 Å². The maximum absolute atomic E-state index is 10.9. The molecule has 0 heterocycles. The molecule has 0 spiro atoms. The van der Waals surface area contributed by atoms with E-state index in [1.807, 2.05) is 13.8 Å². The molecule has 0 aromatic heterocycles. The fourth-order valence-corrected chi connectivity index (χ4v) is 2.14. The number of carboxylic acids is 2. The van der Waals surface area contributed by atoms with Crippen LogP contribution < -0.4 is 0 Å². The molecule has 0 bridgehead atoms. The average molecular weight is 200 g/mol. The van der Waals surface area contributed by atoms with E-state index in [4.69, 9.17) is 10.2 Å². The summed E-state index contributed by atoms with van der Waals surface area (Å²) in [5.41, 5.74) is -0.0466. The van der Waals surface area contributed by atoms with Crippen LogP contribution in [0.15, 0.2) is 0 Å². The van der Waals surface area contributed by atoms with Crippen molar-refractivity contribution in [2.75, 3.05) is 0 Å². The first-order valence-corrected chi connectivity index (χ1v) is 4.79. The van der Waals surface area contributed by atoms with Gasteiger partial charge in [0, 0.05) is 0 Å². The van der Waals surface area contributed by atoms with Crippen LogP contribution in [0.4, 0.5) is 0 Å². The van der Waals surface area contributed by atoms with Crippen molar-refractivity contribution in [1.82, 2.24) is 0 Å². The molecule has 0 saturated heterocycles. The van der Waals surface area contributed by atoms with E-state index in [1.165, 1.54) is 0 Å². The zero-order valence-electron chi connectivity index (χ0n) is 8.49. The van der Waals surface area contributed by atoms with Crippen LogP contribution >= 0.6 is 0 Å². The van der Waals surface area contributed by atoms with Crippen LogP contribution in [-0.2, 0) is 9.59 Å². The third kappa shape index (κ3) is 2.25. The number of hydrogen-bond acceptors (Lipinski definition) is 2. The van der Waals surface area contributed by atoms with E-state index < -0.39 is 23.8 Å². The molecule has 1 rings (SSSR count). The zero-order valence-corrected chi connectivity index (χ0v) is 8.49. The van der Waals surface area contributed by atoms with E-state index in [-0.39, 0.29) is 5.41 Å². The Morgan fingerprint density at radius 3 is 2.07 bits per heavy atom. The van der Waals surface area contributed by atoms with Crippen molar-refractivity contribution in [1.29, 1.82) is 0 Å². The lowest BCUT2D eigenvalue weighted by molar-refractivity contribution is -0.157. The Morgan fingerprint density at radius 1 is 1.14 bits per heavy atom. The van der Waals surface area contributed by atoms with E-state index in [2.05, 4.69) is 0 Å². The average Bonchev–Trinajstić information content (AvgIpc) is 2.01. The van der Waals surface area contributed by atoms with Gasteiger partial charge in [0.25, 0.3) is 0 Å². The van der Waals surface area contributed by atoms with Gasteiger partial charge in [0.15, 0.2) is 0 Å². The SMILES string of the molecule is CC1(C)CC[C@H](C(=O)O)[C@H](C(=O)O)C1. The molecule has 0 aliphatic heterocycles. The van der Waals surface area contributed by atoms with Crippen molar-refractivity contribution in [2.45, 2.75) is 33.1 Å². The molecule has 14 heavy (non-hydrogen) atoms. The Hall–Kier alpha value is -1.06. The molecule has 1 aliphatic rings. The first-order valence-electron chi connectivity index (χ1n) is 4.79. The predicted octanol–water partition coefficient (Wildman–Crippen LogP) is 1.60. The standard InChI is InChI=1S/C10H16O4/c1-10(2)4-3-6(8(11)12)7(5-10)9(13)14/h6-7H,3-5H2,1-2H3,(H,11,12)(H,13,14)/t6-,7+/m0/s1. The fourth-order valence-electron chi connectivity index (χ4n) is 2.14. The van der Waals surface area contributed by atoms with Crippen LogP contribution in [0.25, 0.3) is 0 Å². The molecular formula is C10H16O4. The number of hydrogen-bond donors (Lipinski definition) is 2. The quantitative estimate of drug-likeness (QED) is 0.710. The van der Waals surface area contributed by atoms with Gasteiger partial charge in [-0.1, -0.05) is 13.8 Å². The minimum absolute atomic E-state index is 0.0466. The Kier molecular flexibility index (Phi) is 2.83. The first-order chi connectivity index (χ1) is 6.33. The molecule has 0 unspecified atom stereocenters. The van der Waals surface area contributed by atoms with E-state index in [1.54, 1.807) is 0 Å². The summed E-state index contributed by atoms with van der Waals surface area (Å²) in [4.78, 5) is 21.7. The number of carboxylic acid groups (broad SMARTS) is 2. The largest absolute Gasteiger partial charge is 0.481 e. The maximum atomic E-state index is 10.9.